The maximum Gasteiger partial charge on any atom is 0.256 e. The maximum absolute atomic E-state index is 13.1. The van der Waals surface area contributed by atoms with Crippen LogP contribution in [-0.2, 0) is 9.59 Å². The molecular formula is C19H23N3O3. The number of rotatable bonds is 2. The lowest BCUT2D eigenvalue weighted by molar-refractivity contribution is -0.132. The molecule has 3 aliphatic rings. The molecule has 4 rings (SSSR count). The van der Waals surface area contributed by atoms with E-state index in [1.807, 2.05) is 17.0 Å². The molecule has 0 bridgehead atoms. The van der Waals surface area contributed by atoms with E-state index >= 15 is 0 Å². The maximum atomic E-state index is 13.1. The van der Waals surface area contributed by atoms with Crippen LogP contribution in [0.25, 0.3) is 0 Å². The number of carbonyl (C=O) groups excluding carboxylic acids is 3. The Morgan fingerprint density at radius 3 is 2.56 bits per heavy atom. The highest BCUT2D eigenvalue weighted by molar-refractivity contribution is 6.12. The van der Waals surface area contributed by atoms with E-state index in [2.05, 4.69) is 0 Å². The van der Waals surface area contributed by atoms with Crippen LogP contribution in [0.5, 0.6) is 0 Å². The summed E-state index contributed by atoms with van der Waals surface area (Å²) in [5, 5.41) is 0. The second-order valence-corrected chi connectivity index (χ2v) is 7.04. The number of piperidine rings is 1. The van der Waals surface area contributed by atoms with E-state index in [9.17, 15) is 14.4 Å². The lowest BCUT2D eigenvalue weighted by atomic mass is 10.1. The van der Waals surface area contributed by atoms with E-state index in [1.54, 1.807) is 21.9 Å². The van der Waals surface area contributed by atoms with E-state index in [-0.39, 0.29) is 24.3 Å². The van der Waals surface area contributed by atoms with Crippen molar-refractivity contribution in [3.8, 4) is 0 Å². The highest BCUT2D eigenvalue weighted by Crippen LogP contribution is 2.32. The Morgan fingerprint density at radius 2 is 1.76 bits per heavy atom. The third-order valence-electron chi connectivity index (χ3n) is 5.49. The normalized spacial score (nSPS) is 23.4. The zero-order valence-corrected chi connectivity index (χ0v) is 14.3. The number of hydrogen-bond acceptors (Lipinski definition) is 3. The molecule has 1 aromatic carbocycles. The number of para-hydroxylation sites is 1. The molecule has 0 N–H and O–H groups in total. The van der Waals surface area contributed by atoms with Crippen LogP contribution in [0.1, 0.15) is 42.5 Å². The summed E-state index contributed by atoms with van der Waals surface area (Å²) in [7, 11) is 0. The van der Waals surface area contributed by atoms with E-state index in [0.29, 0.717) is 24.2 Å². The molecule has 1 aromatic rings. The van der Waals surface area contributed by atoms with Crippen LogP contribution in [0.3, 0.4) is 0 Å². The summed E-state index contributed by atoms with van der Waals surface area (Å²) in [5.41, 5.74) is 1.09. The number of amides is 3. The lowest BCUT2D eigenvalue weighted by Crippen LogP contribution is -2.49. The Hall–Kier alpha value is -2.37. The summed E-state index contributed by atoms with van der Waals surface area (Å²) >= 11 is 0. The van der Waals surface area contributed by atoms with Gasteiger partial charge in [0.15, 0.2) is 0 Å². The van der Waals surface area contributed by atoms with Gasteiger partial charge in [-0.15, -0.1) is 0 Å². The van der Waals surface area contributed by atoms with Gasteiger partial charge < -0.3 is 14.7 Å². The van der Waals surface area contributed by atoms with E-state index in [1.165, 1.54) is 0 Å². The molecule has 25 heavy (non-hydrogen) atoms. The molecule has 0 spiro atoms. The van der Waals surface area contributed by atoms with Gasteiger partial charge in [0.25, 0.3) is 5.91 Å². The molecule has 3 amide bonds. The van der Waals surface area contributed by atoms with Crippen LogP contribution in [0, 0.1) is 0 Å². The number of benzene rings is 1. The Morgan fingerprint density at radius 1 is 1.00 bits per heavy atom. The predicted molar refractivity (Wildman–Crippen MR) is 93.3 cm³/mol. The van der Waals surface area contributed by atoms with E-state index < -0.39 is 6.04 Å². The van der Waals surface area contributed by atoms with Crippen molar-refractivity contribution in [3.05, 3.63) is 29.8 Å². The van der Waals surface area contributed by atoms with Gasteiger partial charge in [0.2, 0.25) is 11.8 Å². The van der Waals surface area contributed by atoms with Crippen LogP contribution in [0.4, 0.5) is 5.69 Å². The molecule has 132 valence electrons. The Balaban J connectivity index is 1.67. The number of carbonyl (C=O) groups is 3. The van der Waals surface area contributed by atoms with Gasteiger partial charge in [-0.25, -0.2) is 0 Å². The Labute approximate surface area is 147 Å². The first kappa shape index (κ1) is 16.1. The number of anilines is 1. The smallest absolute Gasteiger partial charge is 0.256 e. The summed E-state index contributed by atoms with van der Waals surface area (Å²) in [6, 6.07) is 6.71. The van der Waals surface area contributed by atoms with Gasteiger partial charge >= 0.3 is 0 Å². The van der Waals surface area contributed by atoms with Crippen LogP contribution in [0.2, 0.25) is 0 Å². The molecule has 0 radical (unpaired) electrons. The molecule has 6 nitrogen and oxygen atoms in total. The average Bonchev–Trinajstić information content (AvgIpc) is 3.13. The summed E-state index contributed by atoms with van der Waals surface area (Å²) < 4.78 is 0. The van der Waals surface area contributed by atoms with Crippen molar-refractivity contribution in [2.75, 3.05) is 31.1 Å². The van der Waals surface area contributed by atoms with Crippen molar-refractivity contribution in [1.29, 1.82) is 0 Å². The summed E-state index contributed by atoms with van der Waals surface area (Å²) in [4.78, 5) is 43.8. The van der Waals surface area contributed by atoms with Crippen LogP contribution in [0.15, 0.2) is 24.3 Å². The van der Waals surface area contributed by atoms with E-state index in [4.69, 9.17) is 0 Å². The van der Waals surface area contributed by atoms with Crippen LogP contribution in [-0.4, -0.2) is 59.7 Å². The molecule has 0 saturated carbocycles. The second kappa shape index (κ2) is 6.50. The van der Waals surface area contributed by atoms with Gasteiger partial charge in [-0.2, -0.15) is 0 Å². The standard InChI is InChI=1S/C19H23N3O3/c23-17(20-10-4-1-5-11-20)13-22-15-8-3-2-7-14(15)18(24)21-12-6-9-16(21)19(22)25/h2-3,7-8,16H,1,4-6,9-13H2/t16-/m0/s1. The van der Waals surface area contributed by atoms with Crippen molar-refractivity contribution < 1.29 is 14.4 Å². The summed E-state index contributed by atoms with van der Waals surface area (Å²) in [5.74, 6) is -0.248. The number of hydrogen-bond donors (Lipinski definition) is 0. The quantitative estimate of drug-likeness (QED) is 0.822. The van der Waals surface area contributed by atoms with Gasteiger partial charge in [0.05, 0.1) is 11.3 Å². The minimum atomic E-state index is -0.436. The SMILES string of the molecule is O=C(CN1C(=O)[C@@H]2CCCN2C(=O)c2ccccc21)N1CCCCC1. The molecule has 3 aliphatic heterocycles. The molecular weight excluding hydrogens is 318 g/mol. The zero-order chi connectivity index (χ0) is 17.4. The fourth-order valence-corrected chi connectivity index (χ4v) is 4.15. The second-order valence-electron chi connectivity index (χ2n) is 7.04. The predicted octanol–water partition coefficient (Wildman–Crippen LogP) is 1.65. The molecule has 2 saturated heterocycles. The van der Waals surface area contributed by atoms with Crippen LogP contribution < -0.4 is 4.90 Å². The summed E-state index contributed by atoms with van der Waals surface area (Å²) in [6.07, 6.45) is 4.70. The molecule has 2 fully saturated rings. The molecule has 0 aromatic heterocycles. The Bertz CT molecular complexity index is 712. The van der Waals surface area contributed by atoms with Gasteiger partial charge in [-0.1, -0.05) is 12.1 Å². The molecule has 6 heteroatoms. The van der Waals surface area contributed by atoms with Crippen LogP contribution >= 0.6 is 0 Å². The minimum Gasteiger partial charge on any atom is -0.341 e. The molecule has 1 atom stereocenters. The highest BCUT2D eigenvalue weighted by atomic mass is 16.2. The largest absolute Gasteiger partial charge is 0.341 e. The Kier molecular flexibility index (Phi) is 4.19. The molecule has 0 aliphatic carbocycles. The summed E-state index contributed by atoms with van der Waals surface area (Å²) in [6.45, 7) is 2.15. The lowest BCUT2D eigenvalue weighted by Gasteiger charge is -2.31. The van der Waals surface area contributed by atoms with Gasteiger partial charge in [0, 0.05) is 19.6 Å². The third-order valence-corrected chi connectivity index (χ3v) is 5.49. The first-order valence-electron chi connectivity index (χ1n) is 9.16. The highest BCUT2D eigenvalue weighted by Gasteiger charge is 2.42. The number of fused-ring (bicyclic) bond motifs is 2. The number of nitrogens with zero attached hydrogens (tertiary/aromatic N) is 3. The first-order valence-corrected chi connectivity index (χ1v) is 9.16. The molecule has 0 unspecified atom stereocenters. The average molecular weight is 341 g/mol. The zero-order valence-electron chi connectivity index (χ0n) is 14.3. The fourth-order valence-electron chi connectivity index (χ4n) is 4.15. The minimum absolute atomic E-state index is 0.0213. The monoisotopic (exact) mass is 341 g/mol. The fraction of sp³-hybridized carbons (Fsp3) is 0.526. The van der Waals surface area contributed by atoms with Crippen molar-refractivity contribution in [3.63, 3.8) is 0 Å². The van der Waals surface area contributed by atoms with Gasteiger partial charge in [-0.3, -0.25) is 14.4 Å². The van der Waals surface area contributed by atoms with Crippen molar-refractivity contribution in [2.24, 2.45) is 0 Å². The van der Waals surface area contributed by atoms with Crippen molar-refractivity contribution in [1.82, 2.24) is 9.80 Å². The molecule has 3 heterocycles. The van der Waals surface area contributed by atoms with Crippen molar-refractivity contribution in [2.45, 2.75) is 38.1 Å². The van der Waals surface area contributed by atoms with E-state index in [0.717, 1.165) is 38.8 Å². The topological polar surface area (TPSA) is 60.9 Å². The first-order chi connectivity index (χ1) is 12.2. The van der Waals surface area contributed by atoms with Crippen molar-refractivity contribution >= 4 is 23.4 Å². The number of likely N-dealkylation sites (tertiary alicyclic amines) is 1. The van der Waals surface area contributed by atoms with Gasteiger partial charge in [0.1, 0.15) is 12.6 Å². The van der Waals surface area contributed by atoms with Gasteiger partial charge in [-0.05, 0) is 44.2 Å². The third kappa shape index (κ3) is 2.79.